The minimum atomic E-state index is -0.649. The van der Waals surface area contributed by atoms with Gasteiger partial charge in [0.1, 0.15) is 0 Å². The van der Waals surface area contributed by atoms with Crippen LogP contribution in [0.15, 0.2) is 78.9 Å². The van der Waals surface area contributed by atoms with Gasteiger partial charge in [0, 0.05) is 16.3 Å². The summed E-state index contributed by atoms with van der Waals surface area (Å²) in [7, 11) is 0. The maximum Gasteiger partial charge on any atom is 0.316 e. The summed E-state index contributed by atoms with van der Waals surface area (Å²) in [5.74, 6) is -0.201. The molecule has 0 saturated heterocycles. The molecule has 5 nitrogen and oxygen atoms in total. The number of urea groups is 1. The lowest BCUT2D eigenvalue weighted by atomic mass is 9.98. The van der Waals surface area contributed by atoms with Crippen molar-refractivity contribution >= 4 is 29.2 Å². The number of hydrogen-bond donors (Lipinski definition) is 3. The molecule has 3 aromatic rings. The molecule has 1 unspecified atom stereocenters. The van der Waals surface area contributed by atoms with Crippen LogP contribution < -0.4 is 16.4 Å². The maximum atomic E-state index is 12.8. The molecule has 142 valence electrons. The van der Waals surface area contributed by atoms with Gasteiger partial charge in [-0.25, -0.2) is 4.79 Å². The van der Waals surface area contributed by atoms with E-state index in [-0.39, 0.29) is 11.9 Å². The number of primary amides is 1. The monoisotopic (exact) mass is 393 g/mol. The van der Waals surface area contributed by atoms with E-state index in [1.165, 1.54) is 0 Å². The van der Waals surface area contributed by atoms with Crippen molar-refractivity contribution in [1.29, 1.82) is 0 Å². The highest BCUT2D eigenvalue weighted by Crippen LogP contribution is 2.21. The molecule has 0 saturated carbocycles. The van der Waals surface area contributed by atoms with Crippen molar-refractivity contribution in [3.8, 4) is 0 Å². The van der Waals surface area contributed by atoms with Crippen LogP contribution in [0, 0.1) is 0 Å². The standard InChI is InChI=1S/C22H20ClN3O2/c23-18-10-6-15(7-11-18)14-20(16-4-2-1-3-5-16)26-21(27)17-8-12-19(13-9-17)25-22(24)28/h1-13,20H,14H2,(H,26,27)(H3,24,25,28). The van der Waals surface area contributed by atoms with Gasteiger partial charge in [0.15, 0.2) is 0 Å². The Labute approximate surface area is 168 Å². The molecule has 0 aliphatic rings. The van der Waals surface area contributed by atoms with Crippen LogP contribution in [0.5, 0.6) is 0 Å². The number of carbonyl (C=O) groups excluding carboxylic acids is 2. The molecule has 0 bridgehead atoms. The van der Waals surface area contributed by atoms with Crippen LogP contribution in [0.4, 0.5) is 10.5 Å². The molecule has 3 amide bonds. The maximum absolute atomic E-state index is 12.8. The third-order valence-corrected chi connectivity index (χ3v) is 4.53. The highest BCUT2D eigenvalue weighted by atomic mass is 35.5. The van der Waals surface area contributed by atoms with Crippen LogP contribution in [0.1, 0.15) is 27.5 Å². The van der Waals surface area contributed by atoms with E-state index in [1.54, 1.807) is 24.3 Å². The highest BCUT2D eigenvalue weighted by Gasteiger charge is 2.16. The third-order valence-electron chi connectivity index (χ3n) is 4.27. The smallest absolute Gasteiger partial charge is 0.316 e. The molecule has 0 spiro atoms. The fourth-order valence-electron chi connectivity index (χ4n) is 2.88. The fourth-order valence-corrected chi connectivity index (χ4v) is 3.01. The SMILES string of the molecule is NC(=O)Nc1ccc(C(=O)NC(Cc2ccc(Cl)cc2)c2ccccc2)cc1. The van der Waals surface area contributed by atoms with Crippen molar-refractivity contribution in [2.45, 2.75) is 12.5 Å². The number of halogens is 1. The molecule has 6 heteroatoms. The van der Waals surface area contributed by atoms with E-state index in [4.69, 9.17) is 17.3 Å². The molecule has 0 radical (unpaired) electrons. The summed E-state index contributed by atoms with van der Waals surface area (Å²) >= 11 is 5.97. The van der Waals surface area contributed by atoms with E-state index in [2.05, 4.69) is 10.6 Å². The van der Waals surface area contributed by atoms with Crippen LogP contribution in [0.25, 0.3) is 0 Å². The Morgan fingerprint density at radius 1 is 0.893 bits per heavy atom. The van der Waals surface area contributed by atoms with Gasteiger partial charge in [0.25, 0.3) is 5.91 Å². The van der Waals surface area contributed by atoms with Gasteiger partial charge in [-0.15, -0.1) is 0 Å². The van der Waals surface area contributed by atoms with Gasteiger partial charge in [-0.05, 0) is 53.9 Å². The Hall–Kier alpha value is -3.31. The quantitative estimate of drug-likeness (QED) is 0.574. The van der Waals surface area contributed by atoms with Gasteiger partial charge < -0.3 is 16.4 Å². The van der Waals surface area contributed by atoms with E-state index in [9.17, 15) is 9.59 Å². The van der Waals surface area contributed by atoms with Gasteiger partial charge >= 0.3 is 6.03 Å². The van der Waals surface area contributed by atoms with E-state index in [1.807, 2.05) is 54.6 Å². The van der Waals surface area contributed by atoms with Gasteiger partial charge in [-0.1, -0.05) is 54.1 Å². The number of amides is 3. The first-order chi connectivity index (χ1) is 13.5. The summed E-state index contributed by atoms with van der Waals surface area (Å²) in [5.41, 5.74) is 8.20. The van der Waals surface area contributed by atoms with Crippen LogP contribution in [-0.2, 0) is 6.42 Å². The van der Waals surface area contributed by atoms with E-state index in [0.717, 1.165) is 11.1 Å². The van der Waals surface area contributed by atoms with Crippen molar-refractivity contribution in [1.82, 2.24) is 5.32 Å². The molecule has 0 fully saturated rings. The summed E-state index contributed by atoms with van der Waals surface area (Å²) in [6.07, 6.45) is 0.633. The Morgan fingerprint density at radius 2 is 1.54 bits per heavy atom. The Bertz CT molecular complexity index is 942. The lowest BCUT2D eigenvalue weighted by Gasteiger charge is -2.20. The van der Waals surface area contributed by atoms with Crippen LogP contribution in [0.3, 0.4) is 0 Å². The van der Waals surface area contributed by atoms with E-state index in [0.29, 0.717) is 22.7 Å². The molecule has 3 rings (SSSR count). The minimum absolute atomic E-state index is 0.196. The number of hydrogen-bond acceptors (Lipinski definition) is 2. The van der Waals surface area contributed by atoms with Crippen LogP contribution in [-0.4, -0.2) is 11.9 Å². The van der Waals surface area contributed by atoms with Crippen molar-refractivity contribution in [2.75, 3.05) is 5.32 Å². The average Bonchev–Trinajstić information content (AvgIpc) is 2.70. The topological polar surface area (TPSA) is 84.2 Å². The van der Waals surface area contributed by atoms with Crippen LogP contribution in [0.2, 0.25) is 5.02 Å². The highest BCUT2D eigenvalue weighted by molar-refractivity contribution is 6.30. The number of nitrogens with two attached hydrogens (primary N) is 1. The first-order valence-corrected chi connectivity index (χ1v) is 9.16. The normalized spacial score (nSPS) is 11.5. The second-order valence-corrected chi connectivity index (χ2v) is 6.77. The Morgan fingerprint density at radius 3 is 2.14 bits per heavy atom. The van der Waals surface area contributed by atoms with Crippen molar-refractivity contribution in [3.05, 3.63) is 101 Å². The second kappa shape index (κ2) is 9.06. The average molecular weight is 394 g/mol. The van der Waals surface area contributed by atoms with E-state index < -0.39 is 6.03 Å². The molecule has 0 aromatic heterocycles. The molecule has 28 heavy (non-hydrogen) atoms. The molecule has 4 N–H and O–H groups in total. The number of carbonyl (C=O) groups is 2. The predicted octanol–water partition coefficient (Wildman–Crippen LogP) is 4.54. The first-order valence-electron chi connectivity index (χ1n) is 8.78. The third kappa shape index (κ3) is 5.34. The Kier molecular flexibility index (Phi) is 6.29. The molecular weight excluding hydrogens is 374 g/mol. The van der Waals surface area contributed by atoms with Crippen molar-refractivity contribution in [2.24, 2.45) is 5.73 Å². The first kappa shape index (κ1) is 19.5. The predicted molar refractivity (Wildman–Crippen MR) is 111 cm³/mol. The number of benzene rings is 3. The summed E-state index contributed by atoms with van der Waals surface area (Å²) < 4.78 is 0. The summed E-state index contributed by atoms with van der Waals surface area (Å²) in [6, 6.07) is 23.1. The summed E-state index contributed by atoms with van der Waals surface area (Å²) in [5, 5.41) is 6.23. The second-order valence-electron chi connectivity index (χ2n) is 6.33. The van der Waals surface area contributed by atoms with Gasteiger partial charge in [-0.2, -0.15) is 0 Å². The lowest BCUT2D eigenvalue weighted by Crippen LogP contribution is -2.30. The zero-order valence-electron chi connectivity index (χ0n) is 15.1. The zero-order valence-corrected chi connectivity index (χ0v) is 15.8. The van der Waals surface area contributed by atoms with Gasteiger partial charge in [-0.3, -0.25) is 4.79 Å². The van der Waals surface area contributed by atoms with Crippen molar-refractivity contribution in [3.63, 3.8) is 0 Å². The molecule has 0 aliphatic carbocycles. The summed E-state index contributed by atoms with van der Waals surface area (Å²) in [4.78, 5) is 23.7. The molecular formula is C22H20ClN3O2. The summed E-state index contributed by atoms with van der Waals surface area (Å²) in [6.45, 7) is 0. The number of anilines is 1. The van der Waals surface area contributed by atoms with Crippen molar-refractivity contribution < 1.29 is 9.59 Å². The van der Waals surface area contributed by atoms with E-state index >= 15 is 0 Å². The van der Waals surface area contributed by atoms with Crippen LogP contribution >= 0.6 is 11.6 Å². The minimum Gasteiger partial charge on any atom is -0.351 e. The molecule has 0 aliphatic heterocycles. The molecule has 3 aromatic carbocycles. The van der Waals surface area contributed by atoms with Gasteiger partial charge in [0.05, 0.1) is 6.04 Å². The Balaban J connectivity index is 1.77. The zero-order chi connectivity index (χ0) is 19.9. The molecule has 0 heterocycles. The lowest BCUT2D eigenvalue weighted by molar-refractivity contribution is 0.0936. The number of rotatable bonds is 6. The molecule has 1 atom stereocenters. The van der Waals surface area contributed by atoms with Gasteiger partial charge in [0.2, 0.25) is 0 Å². The number of nitrogens with one attached hydrogen (secondary N) is 2. The fraction of sp³-hybridized carbons (Fsp3) is 0.0909. The largest absolute Gasteiger partial charge is 0.351 e.